The van der Waals surface area contributed by atoms with Crippen LogP contribution in [-0.2, 0) is 5.41 Å². The molecule has 0 saturated carbocycles. The van der Waals surface area contributed by atoms with Crippen LogP contribution in [0.25, 0.3) is 33.0 Å². The Balaban J connectivity index is 1.24. The molecule has 42 heavy (non-hydrogen) atoms. The molecule has 0 fully saturated rings. The predicted octanol–water partition coefficient (Wildman–Crippen LogP) is 9.02. The van der Waals surface area contributed by atoms with Crippen LogP contribution in [0, 0.1) is 11.3 Å². The maximum atomic E-state index is 8.96. The Labute approximate surface area is 247 Å². The summed E-state index contributed by atoms with van der Waals surface area (Å²) in [4.78, 5) is 4.52. The van der Waals surface area contributed by atoms with E-state index < -0.39 is 0 Å². The Kier molecular flexibility index (Phi) is 6.24. The van der Waals surface area contributed by atoms with Gasteiger partial charge in [-0.1, -0.05) is 129 Å². The minimum Gasteiger partial charge on any atom is -0.383 e. The van der Waals surface area contributed by atoms with E-state index in [-0.39, 0.29) is 11.3 Å². The Morgan fingerprint density at radius 1 is 0.738 bits per heavy atom. The van der Waals surface area contributed by atoms with E-state index in [2.05, 4.69) is 104 Å². The number of fused-ring (bicyclic) bond motifs is 4. The molecule has 2 aliphatic carbocycles. The summed E-state index contributed by atoms with van der Waals surface area (Å²) in [6, 6.07) is 39.8. The molecule has 0 aromatic heterocycles. The Morgan fingerprint density at radius 3 is 2.14 bits per heavy atom. The van der Waals surface area contributed by atoms with Crippen molar-refractivity contribution in [2.45, 2.75) is 25.7 Å². The van der Waals surface area contributed by atoms with Crippen molar-refractivity contribution in [1.82, 2.24) is 0 Å². The number of amidine groups is 2. The number of allylic oxidation sites excluding steroid dienone is 4. The average Bonchev–Trinajstić information content (AvgIpc) is 3.26. The van der Waals surface area contributed by atoms with Gasteiger partial charge in [0.1, 0.15) is 5.84 Å². The number of benzene rings is 5. The van der Waals surface area contributed by atoms with Gasteiger partial charge >= 0.3 is 0 Å². The second kappa shape index (κ2) is 10.1. The second-order valence-electron chi connectivity index (χ2n) is 11.9. The molecule has 3 nitrogen and oxygen atoms in total. The van der Waals surface area contributed by atoms with Crippen molar-refractivity contribution in [1.29, 1.82) is 5.41 Å². The summed E-state index contributed by atoms with van der Waals surface area (Å²) in [6.45, 7) is 4.76. The van der Waals surface area contributed by atoms with Crippen LogP contribution >= 0.6 is 0 Å². The third-order valence-corrected chi connectivity index (χ3v) is 9.08. The molecule has 0 bridgehead atoms. The van der Waals surface area contributed by atoms with Gasteiger partial charge in [-0.2, -0.15) is 0 Å². The van der Waals surface area contributed by atoms with Gasteiger partial charge < -0.3 is 5.73 Å². The first kappa shape index (κ1) is 25.9. The maximum Gasteiger partial charge on any atom is 0.154 e. The Hall–Kier alpha value is -5.02. The molecule has 3 N–H and O–H groups in total. The number of nitrogens with two attached hydrogens (primary N) is 1. The van der Waals surface area contributed by atoms with Crippen LogP contribution < -0.4 is 5.73 Å². The molecule has 5 aromatic rings. The van der Waals surface area contributed by atoms with Crippen molar-refractivity contribution in [3.63, 3.8) is 0 Å². The molecule has 0 spiro atoms. The van der Waals surface area contributed by atoms with E-state index in [1.165, 1.54) is 27.8 Å². The molecular weight excluding hydrogens is 510 g/mol. The highest BCUT2D eigenvalue weighted by molar-refractivity contribution is 6.13. The summed E-state index contributed by atoms with van der Waals surface area (Å²) >= 11 is 0. The minimum absolute atomic E-state index is 0.102. The van der Waals surface area contributed by atoms with E-state index in [9.17, 15) is 0 Å². The summed E-state index contributed by atoms with van der Waals surface area (Å²) in [7, 11) is 0. The number of nitrogens with zero attached hydrogens (tertiary/aromatic N) is 1. The summed E-state index contributed by atoms with van der Waals surface area (Å²) < 4.78 is 0. The van der Waals surface area contributed by atoms with Crippen LogP contribution in [-0.4, -0.2) is 11.7 Å². The van der Waals surface area contributed by atoms with Gasteiger partial charge in [-0.25, -0.2) is 4.99 Å². The van der Waals surface area contributed by atoms with Gasteiger partial charge in [0.25, 0.3) is 0 Å². The van der Waals surface area contributed by atoms with Gasteiger partial charge in [0.15, 0.2) is 5.84 Å². The van der Waals surface area contributed by atoms with Gasteiger partial charge in [0.05, 0.1) is 0 Å². The summed E-state index contributed by atoms with van der Waals surface area (Å²) in [5.74, 6) is 0.954. The smallest absolute Gasteiger partial charge is 0.154 e. The van der Waals surface area contributed by atoms with E-state index >= 15 is 0 Å². The summed E-state index contributed by atoms with van der Waals surface area (Å²) in [5.41, 5.74) is 16.9. The lowest BCUT2D eigenvalue weighted by Crippen LogP contribution is -2.24. The van der Waals surface area contributed by atoms with Crippen LogP contribution in [0.2, 0.25) is 0 Å². The molecule has 7 rings (SSSR count). The average molecular weight is 544 g/mol. The third kappa shape index (κ3) is 4.38. The van der Waals surface area contributed by atoms with E-state index in [0.29, 0.717) is 11.8 Å². The number of hydrogen-bond donors (Lipinski definition) is 2. The maximum absolute atomic E-state index is 8.96. The lowest BCUT2D eigenvalue weighted by atomic mass is 9.72. The van der Waals surface area contributed by atoms with Crippen LogP contribution in [0.5, 0.6) is 0 Å². The monoisotopic (exact) mass is 543 g/mol. The highest BCUT2D eigenvalue weighted by Gasteiger charge is 2.43. The normalized spacial score (nSPS) is 17.3. The predicted molar refractivity (Wildman–Crippen MR) is 177 cm³/mol. The summed E-state index contributed by atoms with van der Waals surface area (Å²) in [5, 5.41) is 11.2. The van der Waals surface area contributed by atoms with E-state index in [0.717, 1.165) is 39.4 Å². The zero-order valence-corrected chi connectivity index (χ0v) is 23.9. The van der Waals surface area contributed by atoms with Gasteiger partial charge in [0.2, 0.25) is 0 Å². The highest BCUT2D eigenvalue weighted by atomic mass is 14.9. The standard InChI is InChI=1S/C39H33N3/c1-39(2)35-15-9-8-14-31(35)32-21-20-30(24-36(32)39)25-16-18-26(19-17-25)33-22-28-12-6-7-13-29(28)23-34(33)38(41)42-37(40)27-10-4-3-5-11-27/h3-23,36H,24H2,1-2H3,(H3,40,41,42). The number of nitrogens with one attached hydrogen (secondary N) is 1. The molecule has 204 valence electrons. The number of rotatable bonds is 4. The van der Waals surface area contributed by atoms with Gasteiger partial charge in [0, 0.05) is 11.1 Å². The van der Waals surface area contributed by atoms with Crippen LogP contribution in [0.4, 0.5) is 0 Å². The Bertz CT molecular complexity index is 1940. The van der Waals surface area contributed by atoms with Gasteiger partial charge in [-0.3, -0.25) is 5.41 Å². The quantitative estimate of drug-likeness (QED) is 0.172. The molecule has 0 saturated heterocycles. The van der Waals surface area contributed by atoms with Crippen molar-refractivity contribution >= 4 is 33.6 Å². The number of hydrogen-bond acceptors (Lipinski definition) is 1. The number of aliphatic imine (C=N–C) groups is 1. The molecular formula is C39H33N3. The molecule has 0 aliphatic heterocycles. The van der Waals surface area contributed by atoms with Crippen molar-refractivity contribution in [2.75, 3.05) is 0 Å². The molecule has 0 heterocycles. The molecule has 2 aliphatic rings. The van der Waals surface area contributed by atoms with Crippen molar-refractivity contribution in [2.24, 2.45) is 16.6 Å². The lowest BCUT2D eigenvalue weighted by molar-refractivity contribution is 0.418. The zero-order valence-electron chi connectivity index (χ0n) is 23.9. The van der Waals surface area contributed by atoms with Crippen molar-refractivity contribution < 1.29 is 0 Å². The first-order valence-corrected chi connectivity index (χ1v) is 14.5. The fourth-order valence-corrected chi connectivity index (χ4v) is 6.72. The molecule has 1 atom stereocenters. The van der Waals surface area contributed by atoms with E-state index in [4.69, 9.17) is 11.1 Å². The molecule has 1 unspecified atom stereocenters. The van der Waals surface area contributed by atoms with Crippen LogP contribution in [0.3, 0.4) is 0 Å². The fraction of sp³-hybridized carbons (Fsp3) is 0.128. The largest absolute Gasteiger partial charge is 0.383 e. The van der Waals surface area contributed by atoms with E-state index in [1.807, 2.05) is 42.5 Å². The van der Waals surface area contributed by atoms with Crippen molar-refractivity contribution in [3.05, 3.63) is 155 Å². The second-order valence-corrected chi connectivity index (χ2v) is 11.9. The first-order chi connectivity index (χ1) is 20.4. The topological polar surface area (TPSA) is 62.2 Å². The Morgan fingerprint density at radius 2 is 1.38 bits per heavy atom. The fourth-order valence-electron chi connectivity index (χ4n) is 6.72. The molecule has 0 amide bonds. The van der Waals surface area contributed by atoms with E-state index in [1.54, 1.807) is 0 Å². The van der Waals surface area contributed by atoms with Crippen LogP contribution in [0.1, 0.15) is 48.1 Å². The van der Waals surface area contributed by atoms with Crippen molar-refractivity contribution in [3.8, 4) is 11.1 Å². The van der Waals surface area contributed by atoms with Crippen LogP contribution in [0.15, 0.2) is 132 Å². The molecule has 5 aromatic carbocycles. The van der Waals surface area contributed by atoms with Gasteiger partial charge in [-0.05, 0) is 79.6 Å². The third-order valence-electron chi connectivity index (χ3n) is 9.08. The first-order valence-electron chi connectivity index (χ1n) is 14.5. The molecule has 0 radical (unpaired) electrons. The van der Waals surface area contributed by atoms with Gasteiger partial charge in [-0.15, -0.1) is 0 Å². The SMILES string of the molecule is CC1(C)c2ccccc2C2=CC=C(c3ccc(-c4cc5ccccc5cc4C(=N)/N=C(\N)c4ccccc4)cc3)CC21. The zero-order chi connectivity index (χ0) is 28.8. The lowest BCUT2D eigenvalue weighted by Gasteiger charge is -2.31. The summed E-state index contributed by atoms with van der Waals surface area (Å²) in [6.07, 6.45) is 5.66. The minimum atomic E-state index is 0.102. The molecule has 3 heteroatoms. The highest BCUT2D eigenvalue weighted by Crippen LogP contribution is 2.54.